The average Bonchev–Trinajstić information content (AvgIpc) is 3.27. The van der Waals surface area contributed by atoms with Crippen LogP contribution in [0.4, 0.5) is 10.8 Å². The van der Waals surface area contributed by atoms with E-state index in [0.29, 0.717) is 0 Å². The van der Waals surface area contributed by atoms with Crippen molar-refractivity contribution in [1.29, 1.82) is 0 Å². The number of carbonyl (C=O) groups is 1. The molecule has 1 aliphatic rings. The van der Waals surface area contributed by atoms with Crippen molar-refractivity contribution in [3.8, 4) is 5.75 Å². The van der Waals surface area contributed by atoms with Gasteiger partial charge in [0.25, 0.3) is 5.91 Å². The molecule has 2 aromatic heterocycles. The maximum absolute atomic E-state index is 12.8. The lowest BCUT2D eigenvalue weighted by Crippen LogP contribution is -2.29. The Bertz CT molecular complexity index is 879. The van der Waals surface area contributed by atoms with Gasteiger partial charge in [0.2, 0.25) is 0 Å². The third-order valence-corrected chi connectivity index (χ3v) is 6.89. The van der Waals surface area contributed by atoms with Crippen LogP contribution < -0.4 is 14.5 Å². The summed E-state index contributed by atoms with van der Waals surface area (Å²) in [6.45, 7) is 2.18. The normalized spacial score (nSPS) is 14.6. The van der Waals surface area contributed by atoms with Crippen LogP contribution in [0.3, 0.4) is 0 Å². The van der Waals surface area contributed by atoms with Crippen molar-refractivity contribution in [2.45, 2.75) is 19.3 Å². The van der Waals surface area contributed by atoms with Crippen molar-refractivity contribution in [2.24, 2.45) is 0 Å². The van der Waals surface area contributed by atoms with E-state index in [1.165, 1.54) is 30.6 Å². The Morgan fingerprint density at radius 1 is 1.15 bits per heavy atom. The molecule has 0 unspecified atom stereocenters. The molecule has 3 aromatic rings. The number of nitrogens with zero attached hydrogens (tertiary/aromatic N) is 3. The molecule has 0 aliphatic carbocycles. The molecule has 5 nitrogen and oxygen atoms in total. The Kier molecular flexibility index (Phi) is 4.82. The molecular weight excluding hydrogens is 366 g/mol. The minimum Gasteiger partial charge on any atom is -0.497 e. The average molecular weight is 388 g/mol. The Labute approximate surface area is 160 Å². The van der Waals surface area contributed by atoms with E-state index in [9.17, 15) is 4.79 Å². The van der Waals surface area contributed by atoms with Crippen LogP contribution in [0.1, 0.15) is 28.9 Å². The van der Waals surface area contributed by atoms with Crippen molar-refractivity contribution in [3.63, 3.8) is 0 Å². The van der Waals surface area contributed by atoms with Gasteiger partial charge in [-0.1, -0.05) is 11.3 Å². The summed E-state index contributed by atoms with van der Waals surface area (Å²) in [5.74, 6) is 0.769. The van der Waals surface area contributed by atoms with Crippen molar-refractivity contribution in [2.75, 3.05) is 37.0 Å². The number of aromatic nitrogens is 1. The number of piperidine rings is 1. The predicted molar refractivity (Wildman–Crippen MR) is 109 cm³/mol. The third kappa shape index (κ3) is 3.29. The first-order chi connectivity index (χ1) is 12.7. The monoisotopic (exact) mass is 387 g/mol. The summed E-state index contributed by atoms with van der Waals surface area (Å²) in [4.78, 5) is 23.3. The largest absolute Gasteiger partial charge is 0.497 e. The van der Waals surface area contributed by atoms with Gasteiger partial charge in [0, 0.05) is 25.8 Å². The molecule has 0 saturated carbocycles. The molecule has 0 N–H and O–H groups in total. The molecule has 3 heterocycles. The second-order valence-electron chi connectivity index (χ2n) is 6.39. The maximum Gasteiger partial charge on any atom is 0.268 e. The number of thiazole rings is 1. The first-order valence-electron chi connectivity index (χ1n) is 8.73. The fourth-order valence-corrected chi connectivity index (χ4v) is 5.38. The molecule has 0 atom stereocenters. The van der Waals surface area contributed by atoms with Gasteiger partial charge < -0.3 is 14.5 Å². The van der Waals surface area contributed by atoms with Crippen molar-refractivity contribution >= 4 is 48.9 Å². The second-order valence-corrected chi connectivity index (χ2v) is 8.43. The van der Waals surface area contributed by atoms with E-state index in [-0.39, 0.29) is 5.91 Å². The highest BCUT2D eigenvalue weighted by molar-refractivity contribution is 7.29. The Morgan fingerprint density at radius 2 is 1.88 bits per heavy atom. The minimum absolute atomic E-state index is 0.00936. The highest BCUT2D eigenvalue weighted by Gasteiger charge is 2.20. The molecule has 1 saturated heterocycles. The lowest BCUT2D eigenvalue weighted by Gasteiger charge is -2.25. The van der Waals surface area contributed by atoms with Crippen LogP contribution in [-0.4, -0.2) is 38.1 Å². The maximum atomic E-state index is 12.8. The molecule has 1 aliphatic heterocycles. The smallest absolute Gasteiger partial charge is 0.268 e. The summed E-state index contributed by atoms with van der Waals surface area (Å²) in [5.41, 5.74) is 0.842. The minimum atomic E-state index is -0.00936. The molecular formula is C19H21N3O2S2. The van der Waals surface area contributed by atoms with Crippen LogP contribution in [0.15, 0.2) is 30.3 Å². The molecule has 0 radical (unpaired) electrons. The van der Waals surface area contributed by atoms with E-state index in [2.05, 4.69) is 4.90 Å². The summed E-state index contributed by atoms with van der Waals surface area (Å²) in [7, 11) is 3.43. The third-order valence-electron chi connectivity index (χ3n) is 4.68. The summed E-state index contributed by atoms with van der Waals surface area (Å²) < 4.78 is 6.27. The Morgan fingerprint density at radius 3 is 2.54 bits per heavy atom. The number of rotatable bonds is 4. The van der Waals surface area contributed by atoms with Crippen molar-refractivity contribution in [3.05, 3.63) is 35.2 Å². The van der Waals surface area contributed by atoms with E-state index in [1.54, 1.807) is 30.4 Å². The molecule has 1 fully saturated rings. The summed E-state index contributed by atoms with van der Waals surface area (Å²) in [6.07, 6.45) is 3.79. The first kappa shape index (κ1) is 17.3. The van der Waals surface area contributed by atoms with Crippen molar-refractivity contribution in [1.82, 2.24) is 4.98 Å². The summed E-state index contributed by atoms with van der Waals surface area (Å²) in [6, 6.07) is 9.48. The van der Waals surface area contributed by atoms with Crippen molar-refractivity contribution < 1.29 is 9.53 Å². The van der Waals surface area contributed by atoms with Gasteiger partial charge in [-0.3, -0.25) is 4.79 Å². The number of thiophene rings is 1. The van der Waals surface area contributed by atoms with Gasteiger partial charge in [-0.25, -0.2) is 4.98 Å². The van der Waals surface area contributed by atoms with Crippen LogP contribution in [0.5, 0.6) is 5.75 Å². The quantitative estimate of drug-likeness (QED) is 0.655. The molecule has 1 amide bonds. The fourth-order valence-electron chi connectivity index (χ4n) is 3.14. The number of carbonyl (C=O) groups excluding carboxylic acids is 1. The van der Waals surface area contributed by atoms with E-state index >= 15 is 0 Å². The SMILES string of the molecule is COc1ccc(N(C)C(=O)c2cc3sc(N4CCCCC4)nc3s2)cc1. The molecule has 0 bridgehead atoms. The molecule has 136 valence electrons. The Balaban J connectivity index is 1.53. The predicted octanol–water partition coefficient (Wildman–Crippen LogP) is 4.63. The number of hydrogen-bond acceptors (Lipinski definition) is 6. The highest BCUT2D eigenvalue weighted by Crippen LogP contribution is 2.36. The lowest BCUT2D eigenvalue weighted by atomic mass is 10.1. The molecule has 1 aromatic carbocycles. The lowest BCUT2D eigenvalue weighted by molar-refractivity contribution is 0.0997. The van der Waals surface area contributed by atoms with Crippen LogP contribution >= 0.6 is 22.7 Å². The van der Waals surface area contributed by atoms with E-state index in [0.717, 1.165) is 44.1 Å². The van der Waals surface area contributed by atoms with Crippen LogP contribution in [0.25, 0.3) is 9.53 Å². The zero-order chi connectivity index (χ0) is 18.1. The number of methoxy groups -OCH3 is 1. The molecule has 4 rings (SSSR count). The van der Waals surface area contributed by atoms with Crippen LogP contribution in [-0.2, 0) is 0 Å². The zero-order valence-electron chi connectivity index (χ0n) is 14.9. The van der Waals surface area contributed by atoms with Gasteiger partial charge in [-0.2, -0.15) is 0 Å². The van der Waals surface area contributed by atoms with E-state index in [4.69, 9.17) is 9.72 Å². The standard InChI is InChI=1S/C19H21N3O2S2/c1-21(13-6-8-14(24-2)9-7-13)18(23)16-12-15-17(25-16)20-19(26-15)22-10-4-3-5-11-22/h6-9,12H,3-5,10-11H2,1-2H3. The molecule has 26 heavy (non-hydrogen) atoms. The summed E-state index contributed by atoms with van der Waals surface area (Å²) in [5, 5.41) is 1.09. The molecule has 0 spiro atoms. The van der Waals surface area contributed by atoms with Crippen LogP contribution in [0.2, 0.25) is 0 Å². The Hall–Kier alpha value is -2.12. The van der Waals surface area contributed by atoms with E-state index < -0.39 is 0 Å². The zero-order valence-corrected chi connectivity index (χ0v) is 16.5. The summed E-state index contributed by atoms with van der Waals surface area (Å²) >= 11 is 3.17. The fraction of sp³-hybridized carbons (Fsp3) is 0.368. The van der Waals surface area contributed by atoms with Gasteiger partial charge >= 0.3 is 0 Å². The second kappa shape index (κ2) is 7.25. The van der Waals surface area contributed by atoms with Gasteiger partial charge in [-0.05, 0) is 49.6 Å². The van der Waals surface area contributed by atoms with Gasteiger partial charge in [0.15, 0.2) is 5.13 Å². The van der Waals surface area contributed by atoms with Crippen LogP contribution in [0, 0.1) is 0 Å². The highest BCUT2D eigenvalue weighted by atomic mass is 32.1. The van der Waals surface area contributed by atoms with Gasteiger partial charge in [0.1, 0.15) is 10.6 Å². The number of ether oxygens (including phenoxy) is 1. The first-order valence-corrected chi connectivity index (χ1v) is 10.4. The number of hydrogen-bond donors (Lipinski definition) is 0. The topological polar surface area (TPSA) is 45.7 Å². The molecule has 7 heteroatoms. The van der Waals surface area contributed by atoms with Gasteiger partial charge in [0.05, 0.1) is 16.7 Å². The number of anilines is 2. The van der Waals surface area contributed by atoms with Gasteiger partial charge in [-0.15, -0.1) is 11.3 Å². The number of amides is 1. The number of benzene rings is 1. The number of fused-ring (bicyclic) bond motifs is 1. The van der Waals surface area contributed by atoms with E-state index in [1.807, 2.05) is 30.3 Å².